The summed E-state index contributed by atoms with van der Waals surface area (Å²) in [6.07, 6.45) is 5.14. The quantitative estimate of drug-likeness (QED) is 0.116. The molecule has 0 saturated carbocycles. The number of benzene rings is 2. The maximum Gasteiger partial charge on any atom is 0.515 e. The molecule has 0 aliphatic rings. The first-order valence-corrected chi connectivity index (χ1v) is 15.4. The van der Waals surface area contributed by atoms with E-state index in [-0.39, 0.29) is 11.5 Å². The van der Waals surface area contributed by atoms with Gasteiger partial charge in [-0.2, -0.15) is 8.42 Å². The molecule has 1 aromatic heterocycles. The summed E-state index contributed by atoms with van der Waals surface area (Å²) in [6.45, 7) is 6.46. The summed E-state index contributed by atoms with van der Waals surface area (Å²) in [5.74, 6) is 1.22. The third-order valence-corrected chi connectivity index (χ3v) is 7.76. The van der Waals surface area contributed by atoms with Gasteiger partial charge >= 0.3 is 6.16 Å². The minimum Gasteiger partial charge on any atom is -0.434 e. The molecule has 0 amide bonds. The molecule has 0 bridgehead atoms. The number of aryl methyl sites for hydroxylation is 2. The van der Waals surface area contributed by atoms with Crippen molar-refractivity contribution in [3.05, 3.63) is 59.4 Å². The summed E-state index contributed by atoms with van der Waals surface area (Å²) in [5, 5.41) is 0.636. The average molecular weight is 573 g/mol. The van der Waals surface area contributed by atoms with Crippen LogP contribution in [0.2, 0.25) is 0 Å². The van der Waals surface area contributed by atoms with E-state index >= 15 is 0 Å². The fourth-order valence-corrected chi connectivity index (χ4v) is 5.33. The maximum atomic E-state index is 12.7. The smallest absolute Gasteiger partial charge is 0.434 e. The highest BCUT2D eigenvalue weighted by Gasteiger charge is 2.22. The van der Waals surface area contributed by atoms with Crippen molar-refractivity contribution >= 4 is 34.3 Å². The number of imidazole rings is 1. The molecule has 0 aliphatic carbocycles. The summed E-state index contributed by atoms with van der Waals surface area (Å²) < 4.78 is 41.6. The zero-order valence-corrected chi connectivity index (χ0v) is 24.9. The Labute approximate surface area is 235 Å². The number of rotatable bonds is 12. The monoisotopic (exact) mass is 572 g/mol. The van der Waals surface area contributed by atoms with Gasteiger partial charge in [-0.15, -0.1) is 16.2 Å². The van der Waals surface area contributed by atoms with Crippen LogP contribution in [0.15, 0.2) is 56.8 Å². The zero-order chi connectivity index (χ0) is 28.6. The highest BCUT2D eigenvalue weighted by molar-refractivity contribution is 7.98. The van der Waals surface area contributed by atoms with Gasteiger partial charge in [-0.05, 0) is 60.9 Å². The maximum absolute atomic E-state index is 12.7. The molecule has 0 aliphatic heterocycles. The summed E-state index contributed by atoms with van der Waals surface area (Å²) in [4.78, 5) is 18.6. The molecule has 0 fully saturated rings. The Morgan fingerprint density at radius 2 is 1.87 bits per heavy atom. The van der Waals surface area contributed by atoms with Gasteiger partial charge in [0.25, 0.3) is 10.0 Å². The van der Waals surface area contributed by atoms with Crippen molar-refractivity contribution in [2.24, 2.45) is 4.40 Å². The van der Waals surface area contributed by atoms with Gasteiger partial charge in [0.1, 0.15) is 12.2 Å². The molecule has 0 spiro atoms. The van der Waals surface area contributed by atoms with Gasteiger partial charge in [0.2, 0.25) is 5.88 Å². The number of hydrogen-bond donors (Lipinski definition) is 0. The third-order valence-electron chi connectivity index (χ3n) is 5.89. The van der Waals surface area contributed by atoms with Crippen LogP contribution in [0.5, 0.6) is 5.88 Å². The van der Waals surface area contributed by atoms with Gasteiger partial charge in [0.05, 0.1) is 18.0 Å². The fourth-order valence-electron chi connectivity index (χ4n) is 3.87. The number of nitrogens with zero attached hydrogens (tertiary/aromatic N) is 4. The zero-order valence-electron chi connectivity index (χ0n) is 23.3. The van der Waals surface area contributed by atoms with Crippen LogP contribution in [0, 0.1) is 6.92 Å². The standard InChI is InChI=1S/C28H36N4O5S2/c1-7-9-10-25-30-26(38-6)27(37-28(33)36-8-2)32(25)18-21-12-14-22(15-13-21)24-17-23(16-11-20(24)3)39(34,35)29-19-31(4)5/h11-17,19H,7-10,18H2,1-6H3. The lowest BCUT2D eigenvalue weighted by molar-refractivity contribution is 0.0998. The first-order chi connectivity index (χ1) is 18.6. The number of thioether (sulfide) groups is 1. The van der Waals surface area contributed by atoms with Crippen LogP contribution in [0.4, 0.5) is 4.79 Å². The second-order valence-electron chi connectivity index (χ2n) is 9.15. The molecule has 0 radical (unpaired) electrons. The molecule has 2 aromatic carbocycles. The van der Waals surface area contributed by atoms with Crippen LogP contribution in [-0.2, 0) is 27.7 Å². The van der Waals surface area contributed by atoms with Gasteiger partial charge in [0.15, 0.2) is 5.03 Å². The summed E-state index contributed by atoms with van der Waals surface area (Å²) in [5.41, 5.74) is 3.62. The van der Waals surface area contributed by atoms with Crippen LogP contribution < -0.4 is 4.74 Å². The lowest BCUT2D eigenvalue weighted by Gasteiger charge is -2.13. The number of hydrogen-bond acceptors (Lipinski definition) is 7. The summed E-state index contributed by atoms with van der Waals surface area (Å²) >= 11 is 1.42. The molecule has 3 rings (SSSR count). The predicted octanol–water partition coefficient (Wildman–Crippen LogP) is 5.79. The van der Waals surface area contributed by atoms with E-state index in [9.17, 15) is 13.2 Å². The summed E-state index contributed by atoms with van der Waals surface area (Å²) in [6, 6.07) is 12.9. The second kappa shape index (κ2) is 13.7. The van der Waals surface area contributed by atoms with E-state index in [0.29, 0.717) is 17.5 Å². The third kappa shape index (κ3) is 7.86. The number of unbranched alkanes of at least 4 members (excludes halogenated alkanes) is 1. The number of aromatic nitrogens is 2. The van der Waals surface area contributed by atoms with Gasteiger partial charge < -0.3 is 14.4 Å². The lowest BCUT2D eigenvalue weighted by Crippen LogP contribution is -2.15. The van der Waals surface area contributed by atoms with E-state index in [2.05, 4.69) is 11.3 Å². The Morgan fingerprint density at radius 3 is 2.49 bits per heavy atom. The van der Waals surface area contributed by atoms with E-state index in [4.69, 9.17) is 14.5 Å². The Kier molecular flexibility index (Phi) is 10.6. The SMILES string of the molecule is CCCCc1nc(SC)c(OC(=O)OCC)n1Cc1ccc(-c2cc(S(=O)(=O)N=CN(C)C)ccc2C)cc1. The van der Waals surface area contributed by atoms with E-state index in [1.54, 1.807) is 44.1 Å². The molecule has 3 aromatic rings. The molecular weight excluding hydrogens is 536 g/mol. The molecule has 0 atom stereocenters. The minimum absolute atomic E-state index is 0.134. The molecule has 0 unspecified atom stereocenters. The van der Waals surface area contributed by atoms with Crippen molar-refractivity contribution in [2.75, 3.05) is 27.0 Å². The average Bonchev–Trinajstić information content (AvgIpc) is 3.22. The van der Waals surface area contributed by atoms with Crippen LogP contribution in [0.3, 0.4) is 0 Å². The number of carbonyl (C=O) groups excluding carboxylic acids is 1. The largest absolute Gasteiger partial charge is 0.515 e. The predicted molar refractivity (Wildman–Crippen MR) is 155 cm³/mol. The minimum atomic E-state index is -3.82. The Hall–Kier alpha value is -3.31. The molecular formula is C28H36N4O5S2. The lowest BCUT2D eigenvalue weighted by atomic mass is 9.99. The highest BCUT2D eigenvalue weighted by atomic mass is 32.2. The molecule has 39 heavy (non-hydrogen) atoms. The first-order valence-electron chi connectivity index (χ1n) is 12.7. The molecule has 0 N–H and O–H groups in total. The normalized spacial score (nSPS) is 11.6. The second-order valence-corrected chi connectivity index (χ2v) is 11.6. The number of carbonyl (C=O) groups is 1. The van der Waals surface area contributed by atoms with E-state index in [1.165, 1.54) is 18.1 Å². The van der Waals surface area contributed by atoms with Gasteiger partial charge in [-0.25, -0.2) is 9.78 Å². The number of sulfonamides is 1. The van der Waals surface area contributed by atoms with Gasteiger partial charge in [-0.3, -0.25) is 4.57 Å². The molecule has 11 heteroatoms. The van der Waals surface area contributed by atoms with Crippen molar-refractivity contribution in [3.8, 4) is 17.0 Å². The highest BCUT2D eigenvalue weighted by Crippen LogP contribution is 2.32. The van der Waals surface area contributed by atoms with E-state index < -0.39 is 16.2 Å². The first kappa shape index (κ1) is 30.2. The van der Waals surface area contributed by atoms with Crippen LogP contribution in [-0.4, -0.2) is 62.3 Å². The van der Waals surface area contributed by atoms with Crippen molar-refractivity contribution in [1.82, 2.24) is 14.5 Å². The number of ether oxygens (including phenoxy) is 2. The van der Waals surface area contributed by atoms with Crippen LogP contribution in [0.25, 0.3) is 11.1 Å². The van der Waals surface area contributed by atoms with Crippen molar-refractivity contribution in [1.29, 1.82) is 0 Å². The van der Waals surface area contributed by atoms with E-state index in [1.807, 2.05) is 42.0 Å². The van der Waals surface area contributed by atoms with Gasteiger partial charge in [0, 0.05) is 20.5 Å². The fraction of sp³-hybridized carbons (Fsp3) is 0.393. The molecule has 9 nitrogen and oxygen atoms in total. The van der Waals surface area contributed by atoms with E-state index in [0.717, 1.165) is 47.3 Å². The van der Waals surface area contributed by atoms with Crippen molar-refractivity contribution < 1.29 is 22.7 Å². The topological polar surface area (TPSA) is 103 Å². The molecule has 210 valence electrons. The summed E-state index contributed by atoms with van der Waals surface area (Å²) in [7, 11) is -0.392. The van der Waals surface area contributed by atoms with Crippen molar-refractivity contribution in [2.45, 2.75) is 56.5 Å². The van der Waals surface area contributed by atoms with Crippen LogP contribution >= 0.6 is 11.8 Å². The molecule has 1 heterocycles. The Balaban J connectivity index is 1.94. The van der Waals surface area contributed by atoms with Crippen molar-refractivity contribution in [3.63, 3.8) is 0 Å². The Morgan fingerprint density at radius 1 is 1.15 bits per heavy atom. The van der Waals surface area contributed by atoms with Gasteiger partial charge in [-0.1, -0.05) is 43.7 Å². The molecule has 0 saturated heterocycles. The van der Waals surface area contributed by atoms with Crippen LogP contribution in [0.1, 0.15) is 43.6 Å². The Bertz CT molecular complexity index is 1410.